The summed E-state index contributed by atoms with van der Waals surface area (Å²) < 4.78 is 26.4. The van der Waals surface area contributed by atoms with E-state index in [1.54, 1.807) is 66.7 Å². The van der Waals surface area contributed by atoms with Crippen molar-refractivity contribution in [2.24, 2.45) is 0 Å². The highest BCUT2D eigenvalue weighted by molar-refractivity contribution is 9.10. The zero-order chi connectivity index (χ0) is 94.5. The summed E-state index contributed by atoms with van der Waals surface area (Å²) in [6.45, 7) is 11.4. The zero-order valence-corrected chi connectivity index (χ0v) is 82.3. The molecule has 0 aliphatic heterocycles. The van der Waals surface area contributed by atoms with Crippen LogP contribution >= 0.6 is 140 Å². The van der Waals surface area contributed by atoms with Gasteiger partial charge >= 0.3 is 11.9 Å². The normalized spacial score (nSPS) is 10.1. The molecule has 0 fully saturated rings. The monoisotopic (exact) mass is 1980 g/mol. The number of rotatable bonds is 35. The molecule has 1 amide bonds. The molecule has 127 heavy (non-hydrogen) atoms. The molecule has 2 N–H and O–H groups in total. The largest absolute Gasteiger partial charge is 0.506 e. The third kappa shape index (κ3) is 44.3. The fourth-order valence-electron chi connectivity index (χ4n) is 11.3. The first-order valence-corrected chi connectivity index (χ1v) is 46.0. The number of nitrogens with zero attached hydrogens (tertiary/aromatic N) is 2. The summed E-state index contributed by atoms with van der Waals surface area (Å²) in [5, 5.41) is 14.3. The molecule has 0 aliphatic rings. The van der Waals surface area contributed by atoms with E-state index in [9.17, 15) is 57.8 Å². The number of hydrogen-bond donors (Lipinski definition) is 10. The Labute approximate surface area is 806 Å². The Balaban J connectivity index is 0.000000376. The Morgan fingerprint density at radius 3 is 1.42 bits per heavy atom. The fourth-order valence-corrected chi connectivity index (χ4v) is 12.8. The Morgan fingerprint density at radius 1 is 0.457 bits per heavy atom. The molecular weight excluding hydrogens is 1870 g/mol. The molecule has 1 heterocycles. The number of nitrogens with one attached hydrogen (secondary N) is 1. The van der Waals surface area contributed by atoms with E-state index in [-0.39, 0.29) is 117 Å². The van der Waals surface area contributed by atoms with Crippen molar-refractivity contribution in [1.29, 1.82) is 0 Å². The lowest BCUT2D eigenvalue weighted by atomic mass is 10.0. The predicted molar refractivity (Wildman–Crippen MR) is 540 cm³/mol. The van der Waals surface area contributed by atoms with Crippen LogP contribution in [0, 0.1) is 6.92 Å². The lowest BCUT2D eigenvalue weighted by Gasteiger charge is -2.27. The number of Topliss-reactive ketones (excluding diaryl/α,β-unsaturated/α-hetero) is 8. The number of hydrogen-bond acceptors (Lipinski definition) is 27. The van der Waals surface area contributed by atoms with E-state index in [1.807, 2.05) is 128 Å². The lowest BCUT2D eigenvalue weighted by Crippen LogP contribution is -2.30. The van der Waals surface area contributed by atoms with Gasteiger partial charge in [0.05, 0.1) is 39.6 Å². The first-order valence-electron chi connectivity index (χ1n) is 39.4. The van der Waals surface area contributed by atoms with E-state index in [4.69, 9.17) is 42.1 Å². The number of fused-ring (bicyclic) bond motifs is 1. The molecule has 1 aromatic heterocycles. The molecule has 0 unspecified atom stereocenters. The molecule has 31 heteroatoms. The number of amides is 1. The number of aromatic hydroxyl groups is 1. The van der Waals surface area contributed by atoms with Crippen LogP contribution in [0.2, 0.25) is 10.0 Å². The van der Waals surface area contributed by atoms with Gasteiger partial charge in [-0.2, -0.15) is 101 Å². The van der Waals surface area contributed by atoms with Gasteiger partial charge in [0.25, 0.3) is 0 Å². The molecule has 10 rings (SSSR count). The molecule has 0 aliphatic carbocycles. The summed E-state index contributed by atoms with van der Waals surface area (Å²) in [5.41, 5.74) is 12.2. The van der Waals surface area contributed by atoms with Crippen molar-refractivity contribution in [1.82, 2.24) is 4.98 Å². The van der Waals surface area contributed by atoms with E-state index in [1.165, 1.54) is 47.1 Å². The third-order valence-electron chi connectivity index (χ3n) is 17.7. The molecule has 10 aromatic rings. The van der Waals surface area contributed by atoms with E-state index < -0.39 is 5.97 Å². The van der Waals surface area contributed by atoms with Crippen molar-refractivity contribution in [2.75, 3.05) is 91.2 Å². The molecule has 0 spiro atoms. The maximum atomic E-state index is 11.7. The van der Waals surface area contributed by atoms with Gasteiger partial charge in [-0.1, -0.05) is 142 Å². The number of thiol groups is 8. The highest BCUT2D eigenvalue weighted by Gasteiger charge is 2.20. The van der Waals surface area contributed by atoms with Gasteiger partial charge in [-0.05, 0) is 181 Å². The quantitative estimate of drug-likeness (QED) is 0.0130. The van der Waals surface area contributed by atoms with E-state index in [2.05, 4.69) is 170 Å². The SMILES string of the molecule is CC(=O)Nc1ccc(CC(=O)CS)cc1.CCN(c1ccc(CC(=O)CS)cc1)C(C)C.COC(=O)c1cc(OC)c(OC)cc1CC(=O)CS.COC(=O)c1ccc(C)c(CC(=O)CS)c1.O=C(CS)Cc1cc(Cl)ccc1Cl.O=C(CS)Cc1ccc(Br)cc1.O=C(CS)Cc1ccc2cccc(O)c2n1.O=C(CS)Cc1cccc(OCc2ccccc2)c1. The standard InChI is InChI=1S/C16H16O2S.C14H21NOS.C13H16O5S.C12H11NO2S.C12H14O3S.C11H13NO2S.C9H9BrOS.C9H8Cl2OS/c17-15(12-19)9-14-7-4-8-16(10-14)18-11-13-5-2-1-3-6-13;1-4-15(11(2)3)13-7-5-12(6-8-13)9-14(16)10-17;1-16-11-5-8(4-9(14)7-19)10(13(15)18-3)6-12(11)17-2;14-10(7-16)6-9-5-4-8-2-1-3-11(15)12(8)13-9;1-8-3-4-9(12(14)15-2)5-10(8)6-11(13)7-16;1-8(13)12-10-4-2-9(3-5-10)6-11(14)7-15;10-8-3-1-7(2-4-8)5-9(11)6-12;10-7-1-2-9(11)6(3-7)4-8(12)5-13/h1-8,10,19H,9,11-12H2;5-8,11,17H,4,9-10H2,1-3H3;5-6,19H,4,7H2,1-3H3;1-5,15-16H,6-7H2;3-5,16H,6-7H2,1-2H3;2-5,15H,6-7H2,1H3,(H,12,13);1-4,12H,5-6H2;1-3,13H,4-5H2. The van der Waals surface area contributed by atoms with Gasteiger partial charge in [-0.25, -0.2) is 14.6 Å². The number of ether oxygens (including phenoxy) is 5. The second-order valence-electron chi connectivity index (χ2n) is 27.8. The number of para-hydroxylation sites is 1. The molecule has 0 atom stereocenters. The van der Waals surface area contributed by atoms with Gasteiger partial charge in [0.15, 0.2) is 11.5 Å². The number of methoxy groups -OCH3 is 4. The smallest absolute Gasteiger partial charge is 0.338 e. The van der Waals surface area contributed by atoms with Gasteiger partial charge in [0, 0.05) is 154 Å². The summed E-state index contributed by atoms with van der Waals surface area (Å²) in [7, 11) is 5.57. The fraction of sp³-hybridized carbons (Fsp3) is 0.292. The Bertz CT molecular complexity index is 5210. The van der Waals surface area contributed by atoms with Crippen LogP contribution in [-0.4, -0.2) is 161 Å². The van der Waals surface area contributed by atoms with Crippen molar-refractivity contribution >= 4 is 227 Å². The molecule has 0 bridgehead atoms. The highest BCUT2D eigenvalue weighted by Crippen LogP contribution is 2.32. The summed E-state index contributed by atoms with van der Waals surface area (Å²) in [6, 6.07) is 63.6. The summed E-state index contributed by atoms with van der Waals surface area (Å²) in [5.74, 6) is 3.19. The average Bonchev–Trinajstić information content (AvgIpc) is 0.818. The molecule has 678 valence electrons. The molecule has 9 aromatic carbocycles. The number of anilines is 2. The Morgan fingerprint density at radius 2 is 0.921 bits per heavy atom. The maximum Gasteiger partial charge on any atom is 0.338 e. The van der Waals surface area contributed by atoms with Gasteiger partial charge < -0.3 is 39.0 Å². The number of carbonyl (C=O) groups is 11. The molecule has 0 saturated carbocycles. The van der Waals surface area contributed by atoms with Gasteiger partial charge in [-0.15, -0.1) is 0 Å². The van der Waals surface area contributed by atoms with Crippen LogP contribution in [0.5, 0.6) is 23.0 Å². The number of halogens is 3. The van der Waals surface area contributed by atoms with Crippen molar-refractivity contribution in [3.63, 3.8) is 0 Å². The number of aromatic nitrogens is 1. The Hall–Kier alpha value is -8.98. The second kappa shape index (κ2) is 63.1. The minimum Gasteiger partial charge on any atom is -0.506 e. The number of aryl methyl sites for hydroxylation is 1. The molecule has 0 radical (unpaired) electrons. The van der Waals surface area contributed by atoms with Gasteiger partial charge in [0.2, 0.25) is 5.91 Å². The van der Waals surface area contributed by atoms with Crippen LogP contribution in [-0.2, 0) is 111 Å². The summed E-state index contributed by atoms with van der Waals surface area (Å²) in [4.78, 5) is 130. The zero-order valence-electron chi connectivity index (χ0n) is 72.0. The van der Waals surface area contributed by atoms with Crippen molar-refractivity contribution in [2.45, 2.75) is 98.6 Å². The number of pyridine rings is 1. The number of ketones is 8. The lowest BCUT2D eigenvalue weighted by molar-refractivity contribution is -0.116. The van der Waals surface area contributed by atoms with Crippen LogP contribution in [0.15, 0.2) is 211 Å². The number of phenolic OH excluding ortho intramolecular Hbond substituents is 1. The van der Waals surface area contributed by atoms with Crippen LogP contribution in [0.1, 0.15) is 104 Å². The number of phenols is 1. The van der Waals surface area contributed by atoms with Crippen molar-refractivity contribution in [3.8, 4) is 23.0 Å². The van der Waals surface area contributed by atoms with E-state index in [0.717, 1.165) is 72.3 Å². The van der Waals surface area contributed by atoms with Gasteiger partial charge in [0.1, 0.15) is 69.9 Å². The molecular formula is C96H108BrCl2N3O17S8. The average molecular weight is 1980 g/mol. The van der Waals surface area contributed by atoms with Crippen molar-refractivity contribution in [3.05, 3.63) is 288 Å². The first-order chi connectivity index (χ1) is 60.7. The number of esters is 2. The third-order valence-corrected chi connectivity index (χ3v) is 21.6. The summed E-state index contributed by atoms with van der Waals surface area (Å²) >= 11 is 46.4. The van der Waals surface area contributed by atoms with Crippen LogP contribution < -0.4 is 24.4 Å². The second-order valence-corrected chi connectivity index (χ2v) is 32.1. The van der Waals surface area contributed by atoms with Gasteiger partial charge in [-0.3, -0.25) is 43.2 Å². The predicted octanol–water partition coefficient (Wildman–Crippen LogP) is 18.8. The number of carbonyl (C=O) groups excluding carboxylic acids is 11. The van der Waals surface area contributed by atoms with E-state index in [0.29, 0.717) is 107 Å². The van der Waals surface area contributed by atoms with Crippen molar-refractivity contribution < 1.29 is 81.5 Å². The van der Waals surface area contributed by atoms with E-state index >= 15 is 0 Å². The Kier molecular flexibility index (Phi) is 55.7. The molecule has 0 saturated heterocycles. The maximum absolute atomic E-state index is 11.7. The topological polar surface area (TPSA) is 282 Å². The number of benzene rings is 9. The van der Waals surface area contributed by atoms with Crippen LogP contribution in [0.3, 0.4) is 0 Å². The van der Waals surface area contributed by atoms with Crippen LogP contribution in [0.25, 0.3) is 10.9 Å². The summed E-state index contributed by atoms with van der Waals surface area (Å²) in [6.07, 6.45) is 2.72. The minimum absolute atomic E-state index is 0.0191. The highest BCUT2D eigenvalue weighted by atomic mass is 79.9. The first kappa shape index (κ1) is 112. The molecule has 20 nitrogen and oxygen atoms in total. The van der Waals surface area contributed by atoms with Crippen LogP contribution in [0.4, 0.5) is 11.4 Å². The minimum atomic E-state index is -0.525.